The number of aromatic nitrogens is 3. The van der Waals surface area contributed by atoms with E-state index in [-0.39, 0.29) is 5.91 Å². The van der Waals surface area contributed by atoms with Crippen LogP contribution >= 0.6 is 0 Å². The van der Waals surface area contributed by atoms with Crippen LogP contribution in [-0.4, -0.2) is 20.7 Å². The van der Waals surface area contributed by atoms with E-state index in [0.717, 1.165) is 23.4 Å². The fourth-order valence-electron chi connectivity index (χ4n) is 3.88. The minimum atomic E-state index is 0.0599. The molecule has 1 saturated carbocycles. The molecule has 144 valence electrons. The van der Waals surface area contributed by atoms with Crippen LogP contribution < -0.4 is 5.32 Å². The Kier molecular flexibility index (Phi) is 5.80. The lowest BCUT2D eigenvalue weighted by molar-refractivity contribution is -0.121. The van der Waals surface area contributed by atoms with Crippen LogP contribution in [0.15, 0.2) is 60.9 Å². The molecule has 0 unspecified atom stereocenters. The van der Waals surface area contributed by atoms with Crippen molar-refractivity contribution >= 4 is 5.91 Å². The Hall–Kier alpha value is -2.95. The predicted octanol–water partition coefficient (Wildman–Crippen LogP) is 4.31. The Bertz CT molecular complexity index is 899. The second kappa shape index (κ2) is 8.83. The van der Waals surface area contributed by atoms with Crippen LogP contribution in [-0.2, 0) is 17.8 Å². The van der Waals surface area contributed by atoms with Crippen molar-refractivity contribution in [2.45, 2.75) is 51.1 Å². The highest BCUT2D eigenvalue weighted by atomic mass is 16.1. The highest BCUT2D eigenvalue weighted by molar-refractivity contribution is 5.76. The summed E-state index contributed by atoms with van der Waals surface area (Å²) in [5, 5.41) is 7.87. The van der Waals surface area contributed by atoms with Gasteiger partial charge in [-0.25, -0.2) is 0 Å². The molecule has 5 nitrogen and oxygen atoms in total. The molecule has 3 aromatic rings. The number of benzene rings is 1. The molecule has 1 N–H and O–H groups in total. The first-order valence-corrected chi connectivity index (χ1v) is 10.1. The maximum Gasteiger partial charge on any atom is 0.220 e. The van der Waals surface area contributed by atoms with Gasteiger partial charge in [-0.1, -0.05) is 43.2 Å². The number of carbonyl (C=O) groups excluding carboxylic acids is 1. The lowest BCUT2D eigenvalue weighted by atomic mass is 10.1. The van der Waals surface area contributed by atoms with Crippen LogP contribution in [0.25, 0.3) is 11.3 Å². The summed E-state index contributed by atoms with van der Waals surface area (Å²) in [5.74, 6) is 0.0599. The molecule has 0 atom stereocenters. The zero-order valence-corrected chi connectivity index (χ0v) is 16.1. The van der Waals surface area contributed by atoms with E-state index < -0.39 is 0 Å². The molecule has 0 spiro atoms. The summed E-state index contributed by atoms with van der Waals surface area (Å²) in [7, 11) is 0. The Morgan fingerprint density at radius 1 is 1.07 bits per heavy atom. The van der Waals surface area contributed by atoms with Gasteiger partial charge >= 0.3 is 0 Å². The predicted molar refractivity (Wildman–Crippen MR) is 110 cm³/mol. The third-order valence-corrected chi connectivity index (χ3v) is 5.38. The zero-order valence-electron chi connectivity index (χ0n) is 16.1. The van der Waals surface area contributed by atoms with Gasteiger partial charge in [-0.3, -0.25) is 14.5 Å². The molecule has 2 aromatic heterocycles. The van der Waals surface area contributed by atoms with E-state index in [2.05, 4.69) is 33.2 Å². The number of carbonyl (C=O) groups is 1. The third-order valence-electron chi connectivity index (χ3n) is 5.38. The Balaban J connectivity index is 1.42. The van der Waals surface area contributed by atoms with Gasteiger partial charge in [0.2, 0.25) is 5.91 Å². The summed E-state index contributed by atoms with van der Waals surface area (Å²) in [6, 6.07) is 16.7. The average molecular weight is 374 g/mol. The average Bonchev–Trinajstić information content (AvgIpc) is 3.42. The first-order valence-electron chi connectivity index (χ1n) is 10.1. The number of nitrogens with zero attached hydrogens (tertiary/aromatic N) is 3. The number of amides is 1. The van der Waals surface area contributed by atoms with Gasteiger partial charge in [-0.15, -0.1) is 0 Å². The normalized spacial score (nSPS) is 14.3. The van der Waals surface area contributed by atoms with E-state index in [1.807, 2.05) is 42.7 Å². The van der Waals surface area contributed by atoms with E-state index in [1.54, 1.807) is 0 Å². The number of pyridine rings is 1. The first-order chi connectivity index (χ1) is 13.8. The molecule has 28 heavy (non-hydrogen) atoms. The minimum Gasteiger partial charge on any atom is -0.350 e. The molecule has 1 aliphatic rings. The van der Waals surface area contributed by atoms with Gasteiger partial charge in [0.05, 0.1) is 24.0 Å². The van der Waals surface area contributed by atoms with Crippen molar-refractivity contribution in [3.05, 3.63) is 72.2 Å². The van der Waals surface area contributed by atoms with Crippen LogP contribution in [0.5, 0.6) is 0 Å². The van der Waals surface area contributed by atoms with E-state index >= 15 is 0 Å². The van der Waals surface area contributed by atoms with Crippen molar-refractivity contribution in [2.75, 3.05) is 0 Å². The molecule has 0 bridgehead atoms. The maximum atomic E-state index is 12.3. The maximum absolute atomic E-state index is 12.3. The summed E-state index contributed by atoms with van der Waals surface area (Å²) in [5.41, 5.74) is 4.33. The van der Waals surface area contributed by atoms with Crippen LogP contribution in [0.2, 0.25) is 0 Å². The van der Waals surface area contributed by atoms with Gasteiger partial charge in [0.25, 0.3) is 0 Å². The number of aryl methyl sites for hydroxylation is 1. The lowest BCUT2D eigenvalue weighted by Crippen LogP contribution is -2.23. The molecule has 1 fully saturated rings. The summed E-state index contributed by atoms with van der Waals surface area (Å²) in [4.78, 5) is 16.4. The second-order valence-electron chi connectivity index (χ2n) is 7.40. The smallest absolute Gasteiger partial charge is 0.220 e. The summed E-state index contributed by atoms with van der Waals surface area (Å²) < 4.78 is 2.16. The van der Waals surface area contributed by atoms with E-state index in [1.165, 1.54) is 31.2 Å². The molecule has 4 rings (SSSR count). The van der Waals surface area contributed by atoms with Gasteiger partial charge in [0.15, 0.2) is 0 Å². The van der Waals surface area contributed by atoms with E-state index in [4.69, 9.17) is 5.10 Å². The first kappa shape index (κ1) is 18.4. The van der Waals surface area contributed by atoms with Crippen molar-refractivity contribution in [1.29, 1.82) is 0 Å². The number of nitrogens with one attached hydrogen (secondary N) is 1. The van der Waals surface area contributed by atoms with Gasteiger partial charge in [-0.05, 0) is 43.0 Å². The summed E-state index contributed by atoms with van der Waals surface area (Å²) in [6.45, 7) is 0.464. The number of hydrogen-bond acceptors (Lipinski definition) is 3. The Morgan fingerprint density at radius 2 is 1.82 bits per heavy atom. The third kappa shape index (κ3) is 4.47. The van der Waals surface area contributed by atoms with Gasteiger partial charge in [0, 0.05) is 24.4 Å². The Morgan fingerprint density at radius 3 is 2.57 bits per heavy atom. The van der Waals surface area contributed by atoms with E-state index in [0.29, 0.717) is 19.0 Å². The molecule has 2 heterocycles. The zero-order chi connectivity index (χ0) is 19.2. The van der Waals surface area contributed by atoms with Gasteiger partial charge in [-0.2, -0.15) is 5.10 Å². The fraction of sp³-hybridized carbons (Fsp3) is 0.348. The van der Waals surface area contributed by atoms with Crippen LogP contribution in [0.3, 0.4) is 0 Å². The van der Waals surface area contributed by atoms with Gasteiger partial charge < -0.3 is 5.32 Å². The molecule has 0 aliphatic heterocycles. The lowest BCUT2D eigenvalue weighted by Gasteiger charge is -2.14. The van der Waals surface area contributed by atoms with Crippen LogP contribution in [0.1, 0.15) is 49.4 Å². The number of hydrogen-bond donors (Lipinski definition) is 1. The molecular formula is C23H26N4O. The summed E-state index contributed by atoms with van der Waals surface area (Å²) in [6.07, 6.45) is 9.72. The number of rotatable bonds is 7. The summed E-state index contributed by atoms with van der Waals surface area (Å²) >= 11 is 0. The van der Waals surface area contributed by atoms with Crippen molar-refractivity contribution in [3.8, 4) is 11.3 Å². The Labute approximate surface area is 165 Å². The van der Waals surface area contributed by atoms with Crippen molar-refractivity contribution in [1.82, 2.24) is 20.1 Å². The topological polar surface area (TPSA) is 59.8 Å². The molecule has 1 aliphatic carbocycles. The van der Waals surface area contributed by atoms with Crippen LogP contribution in [0, 0.1) is 0 Å². The standard InChI is InChI=1S/C23H26N4O/c28-23(11-10-18-6-2-1-3-7-18)25-17-20-16-22(19-12-14-24-15-13-19)27(26-20)21-8-4-5-9-21/h1-3,6-7,12-16,21H,4-5,8-11,17H2,(H,25,28). The fourth-order valence-corrected chi connectivity index (χ4v) is 3.88. The molecular weight excluding hydrogens is 348 g/mol. The quantitative estimate of drug-likeness (QED) is 0.670. The van der Waals surface area contributed by atoms with Crippen molar-refractivity contribution in [3.63, 3.8) is 0 Å². The van der Waals surface area contributed by atoms with Crippen LogP contribution in [0.4, 0.5) is 0 Å². The second-order valence-corrected chi connectivity index (χ2v) is 7.40. The van der Waals surface area contributed by atoms with Gasteiger partial charge in [0.1, 0.15) is 0 Å². The van der Waals surface area contributed by atoms with E-state index in [9.17, 15) is 4.79 Å². The van der Waals surface area contributed by atoms with Crippen molar-refractivity contribution < 1.29 is 4.79 Å². The molecule has 0 saturated heterocycles. The SMILES string of the molecule is O=C(CCc1ccccc1)NCc1cc(-c2ccncc2)n(C2CCCC2)n1. The molecule has 0 radical (unpaired) electrons. The largest absolute Gasteiger partial charge is 0.350 e. The highest BCUT2D eigenvalue weighted by Crippen LogP contribution is 2.33. The molecule has 1 aromatic carbocycles. The van der Waals surface area contributed by atoms with Crippen molar-refractivity contribution in [2.24, 2.45) is 0 Å². The molecule has 1 amide bonds. The monoisotopic (exact) mass is 374 g/mol. The highest BCUT2D eigenvalue weighted by Gasteiger charge is 2.22. The molecule has 5 heteroatoms. The minimum absolute atomic E-state index is 0.0599.